The maximum Gasteiger partial charge on any atom is 0.416 e. The van der Waals surface area contributed by atoms with Crippen molar-refractivity contribution in [2.24, 2.45) is 0 Å². The average Bonchev–Trinajstić information content (AvgIpc) is 2.96. The second kappa shape index (κ2) is 5.38. The van der Waals surface area contributed by atoms with Crippen LogP contribution in [0.5, 0.6) is 0 Å². The van der Waals surface area contributed by atoms with Gasteiger partial charge in [-0.1, -0.05) is 6.07 Å². The molecule has 4 nitrogen and oxygen atoms in total. The van der Waals surface area contributed by atoms with Crippen LogP contribution in [0.4, 0.5) is 13.2 Å². The van der Waals surface area contributed by atoms with Crippen molar-refractivity contribution in [3.8, 4) is 0 Å². The van der Waals surface area contributed by atoms with E-state index < -0.39 is 27.8 Å². The van der Waals surface area contributed by atoms with Gasteiger partial charge in [0.1, 0.15) is 0 Å². The van der Waals surface area contributed by atoms with E-state index in [2.05, 4.69) is 0 Å². The van der Waals surface area contributed by atoms with Gasteiger partial charge in [-0.15, -0.1) is 0 Å². The third-order valence-electron chi connectivity index (χ3n) is 4.05. The van der Waals surface area contributed by atoms with Crippen LogP contribution in [0.3, 0.4) is 0 Å². The van der Waals surface area contributed by atoms with Crippen LogP contribution in [-0.4, -0.2) is 23.8 Å². The van der Waals surface area contributed by atoms with Gasteiger partial charge in [-0.25, -0.2) is 8.42 Å². The number of benzene rings is 1. The number of nitrogens with zero attached hydrogens (tertiary/aromatic N) is 2. The van der Waals surface area contributed by atoms with Crippen LogP contribution in [0.15, 0.2) is 47.5 Å². The van der Waals surface area contributed by atoms with Crippen molar-refractivity contribution >= 4 is 10.0 Å². The Balaban J connectivity index is 2.00. The number of hydrogen-bond donors (Lipinski definition) is 0. The van der Waals surface area contributed by atoms with Gasteiger partial charge in [0.2, 0.25) is 10.0 Å². The number of aromatic nitrogens is 1. The molecular formula is C15H15F3N2O2S. The molecule has 2 aromatic rings. The molecule has 0 saturated carbocycles. The predicted octanol–water partition coefficient (Wildman–Crippen LogP) is 3.27. The van der Waals surface area contributed by atoms with Crippen LogP contribution in [0.1, 0.15) is 24.2 Å². The summed E-state index contributed by atoms with van der Waals surface area (Å²) < 4.78 is 67.2. The fourth-order valence-corrected chi connectivity index (χ4v) is 4.50. The number of hydrogen-bond acceptors (Lipinski definition) is 2. The molecule has 0 fully saturated rings. The standard InChI is InChI=1S/C15H15F3N2O2S/c1-11-14-6-3-7-19(14)8-9-20(11)23(21,22)13-5-2-4-12(10-13)15(16,17)18/h2-7,10-11H,8-9H2,1H3/t11-/m1/s1. The second-order valence-electron chi connectivity index (χ2n) is 5.44. The molecule has 1 atom stereocenters. The molecule has 1 aliphatic rings. The highest BCUT2D eigenvalue weighted by atomic mass is 32.2. The van der Waals surface area contributed by atoms with Gasteiger partial charge in [0.05, 0.1) is 16.5 Å². The van der Waals surface area contributed by atoms with Gasteiger partial charge in [0.25, 0.3) is 0 Å². The Morgan fingerprint density at radius 1 is 1.13 bits per heavy atom. The highest BCUT2D eigenvalue weighted by Gasteiger charge is 2.36. The molecule has 124 valence electrons. The van der Waals surface area contributed by atoms with E-state index in [1.165, 1.54) is 10.4 Å². The van der Waals surface area contributed by atoms with Crippen LogP contribution in [0.25, 0.3) is 0 Å². The summed E-state index contributed by atoms with van der Waals surface area (Å²) >= 11 is 0. The molecule has 0 spiro atoms. The van der Waals surface area contributed by atoms with Crippen LogP contribution >= 0.6 is 0 Å². The summed E-state index contributed by atoms with van der Waals surface area (Å²) in [5.74, 6) is 0. The maximum absolute atomic E-state index is 12.8. The van der Waals surface area contributed by atoms with E-state index in [0.717, 1.165) is 17.8 Å². The summed E-state index contributed by atoms with van der Waals surface area (Å²) in [7, 11) is -3.99. The van der Waals surface area contributed by atoms with Gasteiger partial charge >= 0.3 is 6.18 Å². The first-order chi connectivity index (χ1) is 10.7. The van der Waals surface area contributed by atoms with E-state index in [9.17, 15) is 21.6 Å². The Morgan fingerprint density at radius 2 is 1.87 bits per heavy atom. The van der Waals surface area contributed by atoms with E-state index in [0.29, 0.717) is 12.6 Å². The van der Waals surface area contributed by atoms with Crippen molar-refractivity contribution in [3.63, 3.8) is 0 Å². The second-order valence-corrected chi connectivity index (χ2v) is 7.33. The molecule has 0 aliphatic carbocycles. The number of sulfonamides is 1. The summed E-state index contributed by atoms with van der Waals surface area (Å²) in [6.07, 6.45) is -2.71. The third kappa shape index (κ3) is 2.76. The van der Waals surface area contributed by atoms with Crippen LogP contribution < -0.4 is 0 Å². The molecule has 3 rings (SSSR count). The zero-order valence-corrected chi connectivity index (χ0v) is 13.1. The van der Waals surface area contributed by atoms with E-state index in [1.54, 1.807) is 6.92 Å². The molecule has 0 radical (unpaired) electrons. The first-order valence-electron chi connectivity index (χ1n) is 7.05. The molecule has 0 unspecified atom stereocenters. The van der Waals surface area contributed by atoms with Crippen LogP contribution in [0, 0.1) is 0 Å². The topological polar surface area (TPSA) is 42.3 Å². The minimum absolute atomic E-state index is 0.224. The molecule has 1 aromatic heterocycles. The molecule has 1 aromatic carbocycles. The van der Waals surface area contributed by atoms with E-state index in [4.69, 9.17) is 0 Å². The van der Waals surface area contributed by atoms with Gasteiger partial charge in [-0.05, 0) is 37.3 Å². The van der Waals surface area contributed by atoms with Gasteiger partial charge in [-0.3, -0.25) is 0 Å². The van der Waals surface area contributed by atoms with Crippen molar-refractivity contribution in [2.75, 3.05) is 6.54 Å². The largest absolute Gasteiger partial charge is 0.416 e. The lowest BCUT2D eigenvalue weighted by atomic mass is 10.2. The zero-order chi connectivity index (χ0) is 16.8. The number of alkyl halides is 3. The Bertz CT molecular complexity index is 827. The lowest BCUT2D eigenvalue weighted by Gasteiger charge is -2.34. The first kappa shape index (κ1) is 16.1. The van der Waals surface area contributed by atoms with E-state index >= 15 is 0 Å². The van der Waals surface area contributed by atoms with Crippen LogP contribution in [0.2, 0.25) is 0 Å². The minimum Gasteiger partial charge on any atom is -0.349 e. The highest BCUT2D eigenvalue weighted by Crippen LogP contribution is 2.34. The lowest BCUT2D eigenvalue weighted by molar-refractivity contribution is -0.137. The maximum atomic E-state index is 12.8. The molecule has 0 saturated heterocycles. The van der Waals surface area contributed by atoms with Crippen molar-refractivity contribution in [1.29, 1.82) is 0 Å². The lowest BCUT2D eigenvalue weighted by Crippen LogP contribution is -2.40. The van der Waals surface area contributed by atoms with Gasteiger partial charge in [-0.2, -0.15) is 17.5 Å². The molecule has 1 aliphatic heterocycles. The molecular weight excluding hydrogens is 329 g/mol. The minimum atomic E-state index is -4.58. The summed E-state index contributed by atoms with van der Waals surface area (Å²) in [5.41, 5.74) is -0.140. The highest BCUT2D eigenvalue weighted by molar-refractivity contribution is 7.89. The zero-order valence-electron chi connectivity index (χ0n) is 12.3. The summed E-state index contributed by atoms with van der Waals surface area (Å²) in [4.78, 5) is -0.334. The first-order valence-corrected chi connectivity index (χ1v) is 8.49. The van der Waals surface area contributed by atoms with E-state index in [1.807, 2.05) is 22.9 Å². The number of halogens is 3. The van der Waals surface area contributed by atoms with Crippen molar-refractivity contribution in [1.82, 2.24) is 8.87 Å². The summed E-state index contributed by atoms with van der Waals surface area (Å²) in [6.45, 7) is 2.43. The fraction of sp³-hybridized carbons (Fsp3) is 0.333. The fourth-order valence-electron chi connectivity index (χ4n) is 2.85. The predicted molar refractivity (Wildman–Crippen MR) is 78.2 cm³/mol. The molecule has 0 N–H and O–H groups in total. The molecule has 0 amide bonds. The van der Waals surface area contributed by atoms with Crippen molar-refractivity contribution in [3.05, 3.63) is 53.9 Å². The monoisotopic (exact) mass is 344 g/mol. The quantitative estimate of drug-likeness (QED) is 0.839. The number of rotatable bonds is 2. The SMILES string of the molecule is C[C@@H]1c2cccn2CCN1S(=O)(=O)c1cccc(C(F)(F)F)c1. The Kier molecular flexibility index (Phi) is 3.76. The van der Waals surface area contributed by atoms with E-state index in [-0.39, 0.29) is 11.4 Å². The smallest absolute Gasteiger partial charge is 0.349 e. The van der Waals surface area contributed by atoms with Crippen molar-refractivity contribution < 1.29 is 21.6 Å². The normalized spacial score (nSPS) is 19.6. The van der Waals surface area contributed by atoms with Gasteiger partial charge < -0.3 is 4.57 Å². The Labute approximate surface area is 132 Å². The van der Waals surface area contributed by atoms with Crippen molar-refractivity contribution in [2.45, 2.75) is 30.6 Å². The van der Waals surface area contributed by atoms with Gasteiger partial charge in [0, 0.05) is 25.0 Å². The Hall–Kier alpha value is -1.80. The number of fused-ring (bicyclic) bond motifs is 1. The molecule has 0 bridgehead atoms. The summed E-state index contributed by atoms with van der Waals surface area (Å²) in [5, 5.41) is 0. The third-order valence-corrected chi connectivity index (χ3v) is 6.02. The molecule has 2 heterocycles. The van der Waals surface area contributed by atoms with Gasteiger partial charge in [0.15, 0.2) is 0 Å². The molecule has 23 heavy (non-hydrogen) atoms. The average molecular weight is 344 g/mol. The molecule has 8 heteroatoms. The summed E-state index contributed by atoms with van der Waals surface area (Å²) in [6, 6.07) is 7.08. The van der Waals surface area contributed by atoms with Crippen LogP contribution in [-0.2, 0) is 22.7 Å². The Morgan fingerprint density at radius 3 is 2.57 bits per heavy atom.